The molecule has 8 heteroatoms. The molecule has 0 heterocycles. The summed E-state index contributed by atoms with van der Waals surface area (Å²) in [5.74, 6) is -0.366. The minimum Gasteiger partial charge on any atom is -0.463 e. The summed E-state index contributed by atoms with van der Waals surface area (Å²) in [5.41, 5.74) is 2.45. The fourth-order valence-electron chi connectivity index (χ4n) is 3.07. The first-order chi connectivity index (χ1) is 15.3. The smallest absolute Gasteiger partial charge is 0.330 e. The van der Waals surface area contributed by atoms with Crippen molar-refractivity contribution in [2.45, 2.75) is 37.5 Å². The van der Waals surface area contributed by atoms with Crippen molar-refractivity contribution in [3.63, 3.8) is 0 Å². The standard InChI is InChI=1S/C24H31N3O4S/c1-4-24(28)31-19-9-7-6-8-18-27(5-2)22-14-10-20(11-15-22)25-26-21-12-16-23(17-13-21)32(3,29)30/h4,10-17H,1,5-9,18-19H2,2-3H3. The third kappa shape index (κ3) is 8.63. The molecular weight excluding hydrogens is 426 g/mol. The molecule has 2 aromatic rings. The third-order valence-electron chi connectivity index (χ3n) is 4.88. The Hall–Kier alpha value is -3.00. The maximum atomic E-state index is 11.5. The number of rotatable bonds is 13. The summed E-state index contributed by atoms with van der Waals surface area (Å²) in [6.07, 6.45) is 6.38. The van der Waals surface area contributed by atoms with E-state index in [1.807, 2.05) is 24.3 Å². The predicted octanol–water partition coefficient (Wildman–Crippen LogP) is 5.62. The Labute approximate surface area is 190 Å². The Morgan fingerprint density at radius 1 is 0.969 bits per heavy atom. The SMILES string of the molecule is C=CC(=O)OCCCCCCN(CC)c1ccc(N=Nc2ccc(S(C)(=O)=O)cc2)cc1. The van der Waals surface area contributed by atoms with Crippen LogP contribution in [0.2, 0.25) is 0 Å². The molecule has 0 unspecified atom stereocenters. The minimum atomic E-state index is -3.22. The second kappa shape index (κ2) is 12.8. The highest BCUT2D eigenvalue weighted by Crippen LogP contribution is 2.23. The van der Waals surface area contributed by atoms with Crippen LogP contribution in [0.5, 0.6) is 0 Å². The molecule has 0 aliphatic rings. The van der Waals surface area contributed by atoms with Gasteiger partial charge in [0.15, 0.2) is 9.84 Å². The monoisotopic (exact) mass is 457 g/mol. The number of sulfone groups is 1. The van der Waals surface area contributed by atoms with Crippen LogP contribution in [0.4, 0.5) is 17.1 Å². The highest BCUT2D eigenvalue weighted by Gasteiger charge is 2.06. The van der Waals surface area contributed by atoms with Gasteiger partial charge in [0.05, 0.1) is 22.9 Å². The van der Waals surface area contributed by atoms with Crippen LogP contribution in [0.25, 0.3) is 0 Å². The van der Waals surface area contributed by atoms with E-state index in [1.165, 1.54) is 24.5 Å². The van der Waals surface area contributed by atoms with Crippen LogP contribution < -0.4 is 4.90 Å². The Bertz CT molecular complexity index is 1000. The number of hydrogen-bond donors (Lipinski definition) is 0. The average molecular weight is 458 g/mol. The topological polar surface area (TPSA) is 88.4 Å². The molecule has 2 rings (SSSR count). The lowest BCUT2D eigenvalue weighted by Crippen LogP contribution is -2.23. The maximum Gasteiger partial charge on any atom is 0.330 e. The first-order valence-electron chi connectivity index (χ1n) is 10.7. The van der Waals surface area contributed by atoms with Crippen LogP contribution in [0, 0.1) is 0 Å². The lowest BCUT2D eigenvalue weighted by Gasteiger charge is -2.23. The fourth-order valence-corrected chi connectivity index (χ4v) is 3.70. The largest absolute Gasteiger partial charge is 0.463 e. The van der Waals surface area contributed by atoms with Crippen molar-refractivity contribution in [2.24, 2.45) is 10.2 Å². The van der Waals surface area contributed by atoms with E-state index in [-0.39, 0.29) is 10.9 Å². The number of ether oxygens (including phenoxy) is 1. The molecule has 32 heavy (non-hydrogen) atoms. The molecule has 0 fully saturated rings. The van der Waals surface area contributed by atoms with E-state index < -0.39 is 9.84 Å². The van der Waals surface area contributed by atoms with Crippen LogP contribution in [0.15, 0.2) is 76.3 Å². The molecule has 0 saturated carbocycles. The number of benzene rings is 2. The van der Waals surface area contributed by atoms with E-state index in [2.05, 4.69) is 28.6 Å². The molecule has 0 aromatic heterocycles. The van der Waals surface area contributed by atoms with Gasteiger partial charge in [-0.1, -0.05) is 13.0 Å². The zero-order valence-corrected chi connectivity index (χ0v) is 19.6. The van der Waals surface area contributed by atoms with Gasteiger partial charge in [0.25, 0.3) is 0 Å². The van der Waals surface area contributed by atoms with Gasteiger partial charge in [0, 0.05) is 31.1 Å². The first kappa shape index (κ1) is 25.3. The minimum absolute atomic E-state index is 0.261. The van der Waals surface area contributed by atoms with Crippen LogP contribution in [0.1, 0.15) is 32.6 Å². The zero-order chi connectivity index (χ0) is 23.4. The van der Waals surface area contributed by atoms with Crippen molar-refractivity contribution in [1.82, 2.24) is 0 Å². The molecule has 2 aromatic carbocycles. The molecule has 0 atom stereocenters. The third-order valence-corrected chi connectivity index (χ3v) is 6.00. The molecule has 7 nitrogen and oxygen atoms in total. The number of unbranched alkanes of at least 4 members (excludes halogenated alkanes) is 3. The lowest BCUT2D eigenvalue weighted by atomic mass is 10.2. The second-order valence-corrected chi connectivity index (χ2v) is 9.36. The Morgan fingerprint density at radius 2 is 1.53 bits per heavy atom. The number of nitrogens with zero attached hydrogens (tertiary/aromatic N) is 3. The number of hydrogen-bond acceptors (Lipinski definition) is 7. The van der Waals surface area contributed by atoms with Crippen LogP contribution in [-0.2, 0) is 19.4 Å². The van der Waals surface area contributed by atoms with Gasteiger partial charge in [-0.05, 0) is 74.7 Å². The summed E-state index contributed by atoms with van der Waals surface area (Å²) in [5, 5.41) is 8.41. The molecular formula is C24H31N3O4S. The summed E-state index contributed by atoms with van der Waals surface area (Å²) in [6, 6.07) is 14.2. The number of carbonyl (C=O) groups excluding carboxylic acids is 1. The predicted molar refractivity (Wildman–Crippen MR) is 128 cm³/mol. The average Bonchev–Trinajstić information content (AvgIpc) is 2.79. The van der Waals surface area contributed by atoms with Gasteiger partial charge < -0.3 is 9.64 Å². The zero-order valence-electron chi connectivity index (χ0n) is 18.7. The maximum absolute atomic E-state index is 11.5. The van der Waals surface area contributed by atoms with Crippen molar-refractivity contribution in [2.75, 3.05) is 30.9 Å². The van der Waals surface area contributed by atoms with Crippen LogP contribution >= 0.6 is 0 Å². The number of esters is 1. The molecule has 0 N–H and O–H groups in total. The highest BCUT2D eigenvalue weighted by molar-refractivity contribution is 7.90. The molecule has 0 amide bonds. The molecule has 0 aliphatic carbocycles. The van der Waals surface area contributed by atoms with Gasteiger partial charge in [0.2, 0.25) is 0 Å². The lowest BCUT2D eigenvalue weighted by molar-refractivity contribution is -0.137. The van der Waals surface area contributed by atoms with Gasteiger partial charge in [-0.15, -0.1) is 0 Å². The van der Waals surface area contributed by atoms with Crippen molar-refractivity contribution < 1.29 is 17.9 Å². The molecule has 0 saturated heterocycles. The Kier molecular flexibility index (Phi) is 10.1. The fraction of sp³-hybridized carbons (Fsp3) is 0.375. The van der Waals surface area contributed by atoms with Crippen LogP contribution in [-0.4, -0.2) is 40.3 Å². The molecule has 0 aliphatic heterocycles. The summed E-state index contributed by atoms with van der Waals surface area (Å²) in [7, 11) is -3.22. The second-order valence-electron chi connectivity index (χ2n) is 7.35. The van der Waals surface area contributed by atoms with E-state index >= 15 is 0 Å². The summed E-state index contributed by atoms with van der Waals surface area (Å²) < 4.78 is 28.0. The van der Waals surface area contributed by atoms with E-state index in [0.29, 0.717) is 12.3 Å². The van der Waals surface area contributed by atoms with Crippen molar-refractivity contribution in [3.8, 4) is 0 Å². The van der Waals surface area contributed by atoms with Gasteiger partial charge in [-0.3, -0.25) is 0 Å². The van der Waals surface area contributed by atoms with E-state index in [9.17, 15) is 13.2 Å². The van der Waals surface area contributed by atoms with Gasteiger partial charge >= 0.3 is 5.97 Å². The van der Waals surface area contributed by atoms with E-state index in [4.69, 9.17) is 4.74 Å². The summed E-state index contributed by atoms with van der Waals surface area (Å²) >= 11 is 0. The molecule has 0 spiro atoms. The molecule has 0 bridgehead atoms. The highest BCUT2D eigenvalue weighted by atomic mass is 32.2. The molecule has 172 valence electrons. The van der Waals surface area contributed by atoms with Crippen molar-refractivity contribution in [3.05, 3.63) is 61.2 Å². The Balaban J connectivity index is 1.81. The quantitative estimate of drug-likeness (QED) is 0.169. The van der Waals surface area contributed by atoms with Gasteiger partial charge in [-0.2, -0.15) is 10.2 Å². The van der Waals surface area contributed by atoms with Gasteiger partial charge in [0.1, 0.15) is 0 Å². The van der Waals surface area contributed by atoms with Crippen LogP contribution in [0.3, 0.4) is 0 Å². The van der Waals surface area contributed by atoms with E-state index in [1.54, 1.807) is 12.1 Å². The van der Waals surface area contributed by atoms with Crippen molar-refractivity contribution >= 4 is 32.9 Å². The number of anilines is 1. The van der Waals surface area contributed by atoms with Gasteiger partial charge in [-0.25, -0.2) is 13.2 Å². The first-order valence-corrected chi connectivity index (χ1v) is 12.6. The normalized spacial score (nSPS) is 11.4. The Morgan fingerprint density at radius 3 is 2.06 bits per heavy atom. The number of carbonyl (C=O) groups is 1. The van der Waals surface area contributed by atoms with E-state index in [0.717, 1.165) is 50.1 Å². The van der Waals surface area contributed by atoms with Crippen molar-refractivity contribution in [1.29, 1.82) is 0 Å². The summed E-state index contributed by atoms with van der Waals surface area (Å²) in [4.78, 5) is 13.6. The number of azo groups is 1. The molecule has 0 radical (unpaired) electrons. The summed E-state index contributed by atoms with van der Waals surface area (Å²) in [6.45, 7) is 7.81.